The molecule has 2 rings (SSSR count). The monoisotopic (exact) mass is 348 g/mol. The number of hydrogen-bond acceptors (Lipinski definition) is 3. The van der Waals surface area contributed by atoms with E-state index in [9.17, 15) is 9.59 Å². The van der Waals surface area contributed by atoms with Crippen molar-refractivity contribution in [2.75, 3.05) is 18.1 Å². The molecular formula is C17H17ClN2O2S. The Bertz CT molecular complexity index is 672. The summed E-state index contributed by atoms with van der Waals surface area (Å²) in [4.78, 5) is 23.8. The minimum absolute atomic E-state index is 0.0893. The molecule has 0 aliphatic heterocycles. The van der Waals surface area contributed by atoms with Gasteiger partial charge in [0.15, 0.2) is 0 Å². The molecule has 2 aromatic carbocycles. The fraction of sp³-hybridized carbons (Fsp3) is 0.176. The molecule has 0 fully saturated rings. The largest absolute Gasteiger partial charge is 0.343 e. The van der Waals surface area contributed by atoms with Crippen molar-refractivity contribution in [2.45, 2.75) is 5.75 Å². The standard InChI is InChI=1S/C17H17ClN2O2S/c1-23-11-12-2-4-13(5-3-12)17(22)19-10-16(21)20-15-8-6-14(18)7-9-15/h2-9H,10-11H2,1H3,(H,19,22)(H,20,21). The minimum Gasteiger partial charge on any atom is -0.343 e. The fourth-order valence-corrected chi connectivity index (χ4v) is 2.57. The molecule has 0 aliphatic carbocycles. The first-order valence-corrected chi connectivity index (χ1v) is 8.77. The molecule has 0 heterocycles. The zero-order valence-electron chi connectivity index (χ0n) is 12.6. The summed E-state index contributed by atoms with van der Waals surface area (Å²) < 4.78 is 0. The van der Waals surface area contributed by atoms with Crippen LogP contribution in [0.2, 0.25) is 5.02 Å². The lowest BCUT2D eigenvalue weighted by atomic mass is 10.1. The van der Waals surface area contributed by atoms with Crippen LogP contribution in [0.1, 0.15) is 15.9 Å². The third-order valence-electron chi connectivity index (χ3n) is 3.06. The van der Waals surface area contributed by atoms with Crippen LogP contribution in [-0.2, 0) is 10.5 Å². The number of rotatable bonds is 6. The maximum absolute atomic E-state index is 12.0. The van der Waals surface area contributed by atoms with Gasteiger partial charge < -0.3 is 10.6 Å². The summed E-state index contributed by atoms with van der Waals surface area (Å²) in [7, 11) is 0. The number of thioether (sulfide) groups is 1. The van der Waals surface area contributed by atoms with Crippen molar-refractivity contribution in [1.29, 1.82) is 0 Å². The molecule has 120 valence electrons. The first kappa shape index (κ1) is 17.4. The van der Waals surface area contributed by atoms with E-state index in [1.807, 2.05) is 18.4 Å². The molecule has 6 heteroatoms. The van der Waals surface area contributed by atoms with E-state index < -0.39 is 0 Å². The Labute approximate surface area is 144 Å². The van der Waals surface area contributed by atoms with Gasteiger partial charge in [0.05, 0.1) is 6.54 Å². The van der Waals surface area contributed by atoms with Gasteiger partial charge >= 0.3 is 0 Å². The lowest BCUT2D eigenvalue weighted by Crippen LogP contribution is -2.32. The Morgan fingerprint density at radius 2 is 1.70 bits per heavy atom. The van der Waals surface area contributed by atoms with E-state index in [2.05, 4.69) is 10.6 Å². The van der Waals surface area contributed by atoms with Gasteiger partial charge in [-0.3, -0.25) is 9.59 Å². The molecular weight excluding hydrogens is 332 g/mol. The van der Waals surface area contributed by atoms with Crippen molar-refractivity contribution in [3.05, 3.63) is 64.7 Å². The van der Waals surface area contributed by atoms with E-state index in [1.165, 1.54) is 0 Å². The van der Waals surface area contributed by atoms with Crippen molar-refractivity contribution in [3.63, 3.8) is 0 Å². The first-order chi connectivity index (χ1) is 11.1. The quantitative estimate of drug-likeness (QED) is 0.839. The molecule has 0 aromatic heterocycles. The molecule has 0 saturated heterocycles. The van der Waals surface area contributed by atoms with Crippen LogP contribution in [0.5, 0.6) is 0 Å². The molecule has 0 saturated carbocycles. The van der Waals surface area contributed by atoms with Crippen LogP contribution in [-0.4, -0.2) is 24.6 Å². The average Bonchev–Trinajstić information content (AvgIpc) is 2.56. The van der Waals surface area contributed by atoms with Gasteiger partial charge in [-0.05, 0) is 48.2 Å². The summed E-state index contributed by atoms with van der Waals surface area (Å²) in [6.45, 7) is -0.0893. The van der Waals surface area contributed by atoms with E-state index in [1.54, 1.807) is 48.2 Å². The summed E-state index contributed by atoms with van der Waals surface area (Å²) in [5, 5.41) is 5.88. The Balaban J connectivity index is 1.83. The maximum atomic E-state index is 12.0. The number of carbonyl (C=O) groups excluding carboxylic acids is 2. The second-order valence-electron chi connectivity index (χ2n) is 4.87. The lowest BCUT2D eigenvalue weighted by molar-refractivity contribution is -0.115. The minimum atomic E-state index is -0.292. The van der Waals surface area contributed by atoms with Crippen molar-refractivity contribution in [2.24, 2.45) is 0 Å². The number of hydrogen-bond donors (Lipinski definition) is 2. The molecule has 2 amide bonds. The SMILES string of the molecule is CSCc1ccc(C(=O)NCC(=O)Nc2ccc(Cl)cc2)cc1. The van der Waals surface area contributed by atoms with Gasteiger partial charge in [0.2, 0.25) is 5.91 Å². The Hall–Kier alpha value is -1.98. The molecule has 0 spiro atoms. The van der Waals surface area contributed by atoms with Gasteiger partial charge in [0.1, 0.15) is 0 Å². The van der Waals surface area contributed by atoms with Crippen LogP contribution >= 0.6 is 23.4 Å². The van der Waals surface area contributed by atoms with Crippen molar-refractivity contribution < 1.29 is 9.59 Å². The van der Waals surface area contributed by atoms with Crippen molar-refractivity contribution >= 4 is 40.9 Å². The highest BCUT2D eigenvalue weighted by atomic mass is 35.5. The topological polar surface area (TPSA) is 58.2 Å². The van der Waals surface area contributed by atoms with Crippen molar-refractivity contribution in [3.8, 4) is 0 Å². The molecule has 0 aliphatic rings. The van der Waals surface area contributed by atoms with Gasteiger partial charge in [0.25, 0.3) is 5.91 Å². The molecule has 2 aromatic rings. The number of halogens is 1. The molecule has 0 unspecified atom stereocenters. The molecule has 0 atom stereocenters. The van der Waals surface area contributed by atoms with Gasteiger partial charge in [-0.25, -0.2) is 0 Å². The maximum Gasteiger partial charge on any atom is 0.251 e. The molecule has 0 bridgehead atoms. The highest BCUT2D eigenvalue weighted by molar-refractivity contribution is 7.97. The van der Waals surface area contributed by atoms with Gasteiger partial charge in [-0.1, -0.05) is 23.7 Å². The number of carbonyl (C=O) groups is 2. The molecule has 2 N–H and O–H groups in total. The summed E-state index contributed by atoms with van der Waals surface area (Å²) >= 11 is 7.50. The van der Waals surface area contributed by atoms with Crippen LogP contribution in [0.4, 0.5) is 5.69 Å². The van der Waals surface area contributed by atoms with Gasteiger partial charge in [0, 0.05) is 22.0 Å². The predicted molar refractivity (Wildman–Crippen MR) is 96.1 cm³/mol. The van der Waals surface area contributed by atoms with Crippen LogP contribution in [0, 0.1) is 0 Å². The van der Waals surface area contributed by atoms with E-state index >= 15 is 0 Å². The highest BCUT2D eigenvalue weighted by Crippen LogP contribution is 2.13. The second-order valence-corrected chi connectivity index (χ2v) is 6.17. The van der Waals surface area contributed by atoms with Crippen molar-refractivity contribution in [1.82, 2.24) is 5.32 Å². The third kappa shape index (κ3) is 5.62. The molecule has 4 nitrogen and oxygen atoms in total. The highest BCUT2D eigenvalue weighted by Gasteiger charge is 2.08. The fourth-order valence-electron chi connectivity index (χ4n) is 1.92. The summed E-state index contributed by atoms with van der Waals surface area (Å²) in [6, 6.07) is 14.1. The molecule has 0 radical (unpaired) electrons. The Kier molecular flexibility index (Phi) is 6.50. The lowest BCUT2D eigenvalue weighted by Gasteiger charge is -2.07. The van der Waals surface area contributed by atoms with E-state index in [4.69, 9.17) is 11.6 Å². The number of amides is 2. The van der Waals surface area contributed by atoms with Crippen LogP contribution < -0.4 is 10.6 Å². The van der Waals surface area contributed by atoms with E-state index in [-0.39, 0.29) is 18.4 Å². The average molecular weight is 349 g/mol. The summed E-state index contributed by atoms with van der Waals surface area (Å²) in [6.07, 6.45) is 2.03. The number of nitrogens with one attached hydrogen (secondary N) is 2. The Morgan fingerprint density at radius 1 is 1.04 bits per heavy atom. The van der Waals surface area contributed by atoms with E-state index in [0.29, 0.717) is 16.3 Å². The smallest absolute Gasteiger partial charge is 0.251 e. The van der Waals surface area contributed by atoms with E-state index in [0.717, 1.165) is 11.3 Å². The number of anilines is 1. The molecule has 23 heavy (non-hydrogen) atoms. The zero-order chi connectivity index (χ0) is 16.7. The predicted octanol–water partition coefficient (Wildman–Crippen LogP) is 3.57. The van der Waals surface area contributed by atoms with Crippen LogP contribution in [0.15, 0.2) is 48.5 Å². The summed E-state index contributed by atoms with van der Waals surface area (Å²) in [5.74, 6) is 0.345. The van der Waals surface area contributed by atoms with Crippen LogP contribution in [0.3, 0.4) is 0 Å². The zero-order valence-corrected chi connectivity index (χ0v) is 14.2. The Morgan fingerprint density at radius 3 is 2.30 bits per heavy atom. The number of benzene rings is 2. The second kappa shape index (κ2) is 8.60. The first-order valence-electron chi connectivity index (χ1n) is 7.00. The van der Waals surface area contributed by atoms with Crippen LogP contribution in [0.25, 0.3) is 0 Å². The summed E-state index contributed by atoms with van der Waals surface area (Å²) in [5.41, 5.74) is 2.33. The van der Waals surface area contributed by atoms with Gasteiger partial charge in [-0.15, -0.1) is 0 Å². The normalized spacial score (nSPS) is 10.2. The third-order valence-corrected chi connectivity index (χ3v) is 3.94. The van der Waals surface area contributed by atoms with Gasteiger partial charge in [-0.2, -0.15) is 11.8 Å².